The van der Waals surface area contributed by atoms with E-state index >= 15 is 0 Å². The molecule has 0 aliphatic carbocycles. The van der Waals surface area contributed by atoms with E-state index in [-0.39, 0.29) is 12.4 Å². The van der Waals surface area contributed by atoms with E-state index in [1.165, 1.54) is 6.08 Å². The van der Waals surface area contributed by atoms with E-state index in [2.05, 4.69) is 4.90 Å². The third kappa shape index (κ3) is 4.60. The minimum atomic E-state index is -0.893. The van der Waals surface area contributed by atoms with Gasteiger partial charge in [-0.1, -0.05) is 6.08 Å². The van der Waals surface area contributed by atoms with E-state index in [1.54, 1.807) is 6.08 Å². The van der Waals surface area contributed by atoms with Gasteiger partial charge in [-0.15, -0.1) is 12.4 Å². The fourth-order valence-electron chi connectivity index (χ4n) is 1.34. The van der Waals surface area contributed by atoms with Gasteiger partial charge in [0.05, 0.1) is 6.61 Å². The van der Waals surface area contributed by atoms with Crippen LogP contribution in [0.3, 0.4) is 0 Å². The number of carboxylic acid groups (broad SMARTS) is 1. The fraction of sp³-hybridized carbons (Fsp3) is 0.667. The number of hydrogen-bond acceptors (Lipinski definition) is 3. The molecule has 0 radical (unpaired) electrons. The summed E-state index contributed by atoms with van der Waals surface area (Å²) in [6, 6.07) is 0.443. The molecule has 0 aromatic heterocycles. The Hall–Kier alpha value is -0.580. The Balaban J connectivity index is 0.00000169. The van der Waals surface area contributed by atoms with Crippen LogP contribution in [0.2, 0.25) is 0 Å². The van der Waals surface area contributed by atoms with Crippen LogP contribution in [0.1, 0.15) is 6.42 Å². The van der Waals surface area contributed by atoms with Crippen molar-refractivity contribution in [3.05, 3.63) is 12.2 Å². The Morgan fingerprint density at radius 3 is 2.93 bits per heavy atom. The SMILES string of the molecule is CN(CC=CC(=O)O)[C@@H]1CCOC1.Cl. The first-order chi connectivity index (χ1) is 6.20. The second kappa shape index (κ2) is 6.81. The maximum atomic E-state index is 10.2. The number of carbonyl (C=O) groups is 1. The lowest BCUT2D eigenvalue weighted by molar-refractivity contribution is -0.131. The molecule has 14 heavy (non-hydrogen) atoms. The molecule has 1 fully saturated rings. The number of nitrogens with zero attached hydrogens (tertiary/aromatic N) is 1. The van der Waals surface area contributed by atoms with Crippen LogP contribution in [-0.4, -0.2) is 48.8 Å². The normalized spacial score (nSPS) is 21.4. The Morgan fingerprint density at radius 2 is 2.43 bits per heavy atom. The lowest BCUT2D eigenvalue weighted by Gasteiger charge is -2.20. The second-order valence-corrected chi connectivity index (χ2v) is 3.20. The molecule has 82 valence electrons. The van der Waals surface area contributed by atoms with Gasteiger partial charge in [-0.25, -0.2) is 4.79 Å². The van der Waals surface area contributed by atoms with E-state index in [9.17, 15) is 4.79 Å². The molecule has 0 unspecified atom stereocenters. The number of aliphatic carboxylic acids is 1. The lowest BCUT2D eigenvalue weighted by atomic mass is 10.2. The number of likely N-dealkylation sites (N-methyl/N-ethyl adjacent to an activating group) is 1. The van der Waals surface area contributed by atoms with Crippen molar-refractivity contribution < 1.29 is 14.6 Å². The predicted octanol–water partition coefficient (Wildman–Crippen LogP) is 0.770. The molecule has 0 saturated carbocycles. The molecular weight excluding hydrogens is 206 g/mol. The summed E-state index contributed by atoms with van der Waals surface area (Å²) in [5.74, 6) is -0.893. The van der Waals surface area contributed by atoms with Gasteiger partial charge in [0.25, 0.3) is 0 Å². The number of ether oxygens (including phenoxy) is 1. The maximum absolute atomic E-state index is 10.2. The van der Waals surface area contributed by atoms with Crippen molar-refractivity contribution in [2.75, 3.05) is 26.8 Å². The molecular formula is C9H16ClNO3. The van der Waals surface area contributed by atoms with Gasteiger partial charge in [0.1, 0.15) is 0 Å². The Labute approximate surface area is 89.9 Å². The van der Waals surface area contributed by atoms with Gasteiger partial charge in [-0.3, -0.25) is 4.90 Å². The molecule has 1 saturated heterocycles. The number of rotatable bonds is 4. The highest BCUT2D eigenvalue weighted by Crippen LogP contribution is 2.09. The largest absolute Gasteiger partial charge is 0.478 e. The molecule has 0 spiro atoms. The molecule has 0 aromatic carbocycles. The van der Waals surface area contributed by atoms with Crippen molar-refractivity contribution in [1.82, 2.24) is 4.90 Å². The first-order valence-electron chi connectivity index (χ1n) is 4.37. The summed E-state index contributed by atoms with van der Waals surface area (Å²) in [6.45, 7) is 2.25. The predicted molar refractivity (Wildman–Crippen MR) is 55.9 cm³/mol. The monoisotopic (exact) mass is 221 g/mol. The summed E-state index contributed by atoms with van der Waals surface area (Å²) in [7, 11) is 1.98. The van der Waals surface area contributed by atoms with E-state index in [0.717, 1.165) is 19.6 Å². The fourth-order valence-corrected chi connectivity index (χ4v) is 1.34. The van der Waals surface area contributed by atoms with Crippen molar-refractivity contribution in [2.45, 2.75) is 12.5 Å². The van der Waals surface area contributed by atoms with Crippen LogP contribution in [0.15, 0.2) is 12.2 Å². The highest BCUT2D eigenvalue weighted by atomic mass is 35.5. The number of carboxylic acids is 1. The zero-order valence-electron chi connectivity index (χ0n) is 8.18. The van der Waals surface area contributed by atoms with Crippen LogP contribution >= 0.6 is 12.4 Å². The van der Waals surface area contributed by atoms with E-state index in [1.807, 2.05) is 7.05 Å². The van der Waals surface area contributed by atoms with Gasteiger partial charge in [-0.2, -0.15) is 0 Å². The van der Waals surface area contributed by atoms with E-state index in [0.29, 0.717) is 12.6 Å². The summed E-state index contributed by atoms with van der Waals surface area (Å²) in [4.78, 5) is 12.3. The standard InChI is InChI=1S/C9H15NO3.ClH/c1-10(5-2-3-9(11)12)8-4-6-13-7-8;/h2-3,8H,4-7H2,1H3,(H,11,12);1H/t8-;/m1./s1. The summed E-state index contributed by atoms with van der Waals surface area (Å²) < 4.78 is 5.22. The highest BCUT2D eigenvalue weighted by molar-refractivity contribution is 5.85. The van der Waals surface area contributed by atoms with Crippen LogP contribution in [0.25, 0.3) is 0 Å². The van der Waals surface area contributed by atoms with Crippen molar-refractivity contribution in [3.63, 3.8) is 0 Å². The molecule has 1 atom stereocenters. The number of halogens is 1. The van der Waals surface area contributed by atoms with Gasteiger partial charge in [0, 0.05) is 25.3 Å². The van der Waals surface area contributed by atoms with Gasteiger partial charge in [-0.05, 0) is 13.5 Å². The molecule has 1 aliphatic heterocycles. The minimum Gasteiger partial charge on any atom is -0.478 e. The number of hydrogen-bond donors (Lipinski definition) is 1. The van der Waals surface area contributed by atoms with Gasteiger partial charge in [0.15, 0.2) is 0 Å². The van der Waals surface area contributed by atoms with E-state index in [4.69, 9.17) is 9.84 Å². The third-order valence-electron chi connectivity index (χ3n) is 2.18. The molecule has 1 aliphatic rings. The maximum Gasteiger partial charge on any atom is 0.328 e. The minimum absolute atomic E-state index is 0. The Morgan fingerprint density at radius 1 is 1.71 bits per heavy atom. The zero-order chi connectivity index (χ0) is 9.68. The first kappa shape index (κ1) is 13.4. The third-order valence-corrected chi connectivity index (χ3v) is 2.18. The molecule has 4 nitrogen and oxygen atoms in total. The van der Waals surface area contributed by atoms with Crippen LogP contribution < -0.4 is 0 Å². The molecule has 1 N–H and O–H groups in total. The highest BCUT2D eigenvalue weighted by Gasteiger charge is 2.18. The first-order valence-corrected chi connectivity index (χ1v) is 4.37. The average Bonchev–Trinajstić information content (AvgIpc) is 2.55. The summed E-state index contributed by atoms with van der Waals surface area (Å²) >= 11 is 0. The van der Waals surface area contributed by atoms with Gasteiger partial charge < -0.3 is 9.84 Å². The van der Waals surface area contributed by atoms with Crippen molar-refractivity contribution in [2.24, 2.45) is 0 Å². The van der Waals surface area contributed by atoms with Crippen LogP contribution in [0.5, 0.6) is 0 Å². The molecule has 0 amide bonds. The van der Waals surface area contributed by atoms with Crippen LogP contribution in [0.4, 0.5) is 0 Å². The molecule has 5 heteroatoms. The molecule has 1 rings (SSSR count). The summed E-state index contributed by atoms with van der Waals surface area (Å²) in [5, 5.41) is 8.36. The second-order valence-electron chi connectivity index (χ2n) is 3.20. The van der Waals surface area contributed by atoms with Crippen molar-refractivity contribution in [3.8, 4) is 0 Å². The zero-order valence-corrected chi connectivity index (χ0v) is 9.00. The quantitative estimate of drug-likeness (QED) is 0.713. The molecule has 1 heterocycles. The van der Waals surface area contributed by atoms with Crippen LogP contribution in [0, 0.1) is 0 Å². The van der Waals surface area contributed by atoms with Crippen LogP contribution in [-0.2, 0) is 9.53 Å². The van der Waals surface area contributed by atoms with Gasteiger partial charge >= 0.3 is 5.97 Å². The molecule has 0 bridgehead atoms. The topological polar surface area (TPSA) is 49.8 Å². The average molecular weight is 222 g/mol. The lowest BCUT2D eigenvalue weighted by Crippen LogP contribution is -2.31. The van der Waals surface area contributed by atoms with Gasteiger partial charge in [0.2, 0.25) is 0 Å². The summed E-state index contributed by atoms with van der Waals surface area (Å²) in [5.41, 5.74) is 0. The smallest absolute Gasteiger partial charge is 0.328 e. The Bertz CT molecular complexity index is 202. The van der Waals surface area contributed by atoms with Crippen molar-refractivity contribution in [1.29, 1.82) is 0 Å². The Kier molecular flexibility index (Phi) is 6.53. The van der Waals surface area contributed by atoms with E-state index < -0.39 is 5.97 Å². The van der Waals surface area contributed by atoms with Crippen molar-refractivity contribution >= 4 is 18.4 Å². The summed E-state index contributed by atoms with van der Waals surface area (Å²) in [6.07, 6.45) is 3.87. The molecule has 0 aromatic rings.